The van der Waals surface area contributed by atoms with Gasteiger partial charge in [0.15, 0.2) is 0 Å². The third kappa shape index (κ3) is 24.5. The summed E-state index contributed by atoms with van der Waals surface area (Å²) in [4.78, 5) is 0. The molecule has 0 rings (SSSR count). The Labute approximate surface area is 188 Å². The molecular formula is C26H52S2. The zero-order valence-electron chi connectivity index (χ0n) is 19.6. The summed E-state index contributed by atoms with van der Waals surface area (Å²) < 4.78 is 1.19. The lowest BCUT2D eigenvalue weighted by molar-refractivity contribution is 0.521. The van der Waals surface area contributed by atoms with Crippen molar-refractivity contribution in [3.63, 3.8) is 0 Å². The van der Waals surface area contributed by atoms with Crippen molar-refractivity contribution >= 4 is 28.2 Å². The number of rotatable bonds is 23. The van der Waals surface area contributed by atoms with Gasteiger partial charge in [-0.3, -0.25) is 0 Å². The molecule has 0 aliphatic heterocycles. The average Bonchev–Trinajstić information content (AvgIpc) is 2.71. The largest absolute Gasteiger partial charge is 0.119 e. The van der Waals surface area contributed by atoms with Gasteiger partial charge in [0.2, 0.25) is 0 Å². The first-order chi connectivity index (χ1) is 13.8. The molecule has 0 radical (unpaired) electrons. The van der Waals surface area contributed by atoms with Gasteiger partial charge in [-0.1, -0.05) is 154 Å². The molecule has 0 spiro atoms. The lowest BCUT2D eigenvalue weighted by atomic mass is 10.0. The highest BCUT2D eigenvalue weighted by atomic mass is 32.2. The maximum absolute atomic E-state index is 5.25. The van der Waals surface area contributed by atoms with Crippen LogP contribution in [0.2, 0.25) is 0 Å². The van der Waals surface area contributed by atoms with Gasteiger partial charge in [-0.25, -0.2) is 0 Å². The van der Waals surface area contributed by atoms with Gasteiger partial charge in [-0.05, 0) is 18.6 Å². The van der Waals surface area contributed by atoms with E-state index in [1.165, 1.54) is 145 Å². The molecule has 0 nitrogen and oxygen atoms in total. The van der Waals surface area contributed by atoms with E-state index < -0.39 is 0 Å². The van der Waals surface area contributed by atoms with Crippen molar-refractivity contribution in [3.05, 3.63) is 0 Å². The number of thiocarbonyl (C=S) groups is 1. The van der Waals surface area contributed by atoms with Crippen LogP contribution in [0.3, 0.4) is 0 Å². The Kier molecular flexibility index (Phi) is 25.9. The highest BCUT2D eigenvalue weighted by Gasteiger charge is 1.97. The molecule has 0 amide bonds. The van der Waals surface area contributed by atoms with E-state index in [9.17, 15) is 0 Å². The molecule has 168 valence electrons. The van der Waals surface area contributed by atoms with E-state index in [-0.39, 0.29) is 0 Å². The van der Waals surface area contributed by atoms with E-state index in [0.717, 1.165) is 6.42 Å². The van der Waals surface area contributed by atoms with Crippen molar-refractivity contribution in [2.24, 2.45) is 0 Å². The molecule has 2 heteroatoms. The molecular weight excluding hydrogens is 376 g/mol. The van der Waals surface area contributed by atoms with Crippen LogP contribution < -0.4 is 0 Å². The van der Waals surface area contributed by atoms with Crippen molar-refractivity contribution < 1.29 is 0 Å². The van der Waals surface area contributed by atoms with Crippen LogP contribution in [0.25, 0.3) is 0 Å². The number of hydrogen-bond donors (Lipinski definition) is 0. The Morgan fingerprint density at radius 3 is 1.04 bits per heavy atom. The molecule has 0 aromatic rings. The topological polar surface area (TPSA) is 0 Å². The van der Waals surface area contributed by atoms with Crippen molar-refractivity contribution in [3.8, 4) is 0 Å². The molecule has 0 aromatic carbocycles. The fraction of sp³-hybridized carbons (Fsp3) is 0.962. The first kappa shape index (κ1) is 28.4. The Bertz CT molecular complexity index is 301. The van der Waals surface area contributed by atoms with Crippen molar-refractivity contribution in [2.75, 3.05) is 5.75 Å². The SMILES string of the molecule is CCCCCCCCCCCCCCCCCCCCCCCSC(=S)CC. The molecule has 0 saturated heterocycles. The van der Waals surface area contributed by atoms with E-state index in [1.54, 1.807) is 0 Å². The Balaban J connectivity index is 3.00. The quantitative estimate of drug-likeness (QED) is 0.117. The van der Waals surface area contributed by atoms with Gasteiger partial charge in [-0.2, -0.15) is 0 Å². The van der Waals surface area contributed by atoms with Crippen molar-refractivity contribution in [1.82, 2.24) is 0 Å². The summed E-state index contributed by atoms with van der Waals surface area (Å²) in [5, 5.41) is 0. The molecule has 0 saturated carbocycles. The van der Waals surface area contributed by atoms with Crippen LogP contribution in [0.1, 0.15) is 155 Å². The Morgan fingerprint density at radius 2 is 0.750 bits per heavy atom. The number of hydrogen-bond acceptors (Lipinski definition) is 2. The maximum Gasteiger partial charge on any atom is 0.0475 e. The fourth-order valence-electron chi connectivity index (χ4n) is 3.82. The summed E-state index contributed by atoms with van der Waals surface area (Å²) in [6, 6.07) is 0. The van der Waals surface area contributed by atoms with Crippen LogP contribution in [0, 0.1) is 0 Å². The second-order valence-electron chi connectivity index (χ2n) is 8.65. The van der Waals surface area contributed by atoms with Crippen LogP contribution in [0.5, 0.6) is 0 Å². The normalized spacial score (nSPS) is 11.2. The zero-order chi connectivity index (χ0) is 20.5. The minimum Gasteiger partial charge on any atom is -0.119 e. The van der Waals surface area contributed by atoms with Crippen molar-refractivity contribution in [1.29, 1.82) is 0 Å². The average molecular weight is 429 g/mol. The molecule has 0 bridgehead atoms. The van der Waals surface area contributed by atoms with E-state index in [1.807, 2.05) is 11.8 Å². The van der Waals surface area contributed by atoms with E-state index in [2.05, 4.69) is 13.8 Å². The standard InChI is InChI=1S/C26H52S2/c1-3-5-6-7-8-9-10-11-12-13-14-15-16-17-18-19-20-21-22-23-24-25-28-26(27)4-2/h3-25H2,1-2H3. The summed E-state index contributed by atoms with van der Waals surface area (Å²) in [6.45, 7) is 4.46. The predicted octanol–water partition coefficient (Wildman–Crippen LogP) is 10.7. The van der Waals surface area contributed by atoms with E-state index in [0.29, 0.717) is 0 Å². The van der Waals surface area contributed by atoms with Gasteiger partial charge in [0, 0.05) is 4.20 Å². The van der Waals surface area contributed by atoms with Gasteiger partial charge in [0.1, 0.15) is 0 Å². The highest BCUT2D eigenvalue weighted by Crippen LogP contribution is 2.16. The lowest BCUT2D eigenvalue weighted by Gasteiger charge is -2.04. The maximum atomic E-state index is 5.25. The summed E-state index contributed by atoms with van der Waals surface area (Å²) in [6.07, 6.45) is 31.6. The second kappa shape index (κ2) is 25.5. The molecule has 28 heavy (non-hydrogen) atoms. The molecule has 0 aromatic heterocycles. The molecule has 0 aliphatic carbocycles. The molecule has 0 heterocycles. The highest BCUT2D eigenvalue weighted by molar-refractivity contribution is 8.23. The second-order valence-corrected chi connectivity index (χ2v) is 10.6. The third-order valence-corrected chi connectivity index (χ3v) is 7.55. The van der Waals surface area contributed by atoms with Gasteiger partial charge >= 0.3 is 0 Å². The third-order valence-electron chi connectivity index (χ3n) is 5.80. The van der Waals surface area contributed by atoms with E-state index in [4.69, 9.17) is 12.2 Å². The number of unbranched alkanes of at least 4 members (excludes halogenated alkanes) is 20. The molecule has 0 aliphatic rings. The summed E-state index contributed by atoms with van der Waals surface area (Å²) in [5.41, 5.74) is 0. The molecule has 0 atom stereocenters. The summed E-state index contributed by atoms with van der Waals surface area (Å²) >= 11 is 7.15. The van der Waals surface area contributed by atoms with Gasteiger partial charge in [0.05, 0.1) is 0 Å². The van der Waals surface area contributed by atoms with Crippen LogP contribution in [-0.2, 0) is 0 Å². The monoisotopic (exact) mass is 428 g/mol. The molecule has 0 fully saturated rings. The smallest absolute Gasteiger partial charge is 0.0475 e. The Hall–Kier alpha value is 0.440. The fourth-order valence-corrected chi connectivity index (χ4v) is 4.85. The first-order valence-electron chi connectivity index (χ1n) is 13.0. The molecule has 0 unspecified atom stereocenters. The zero-order valence-corrected chi connectivity index (χ0v) is 21.2. The predicted molar refractivity (Wildman–Crippen MR) is 138 cm³/mol. The Morgan fingerprint density at radius 1 is 0.464 bits per heavy atom. The van der Waals surface area contributed by atoms with Gasteiger partial charge < -0.3 is 0 Å². The summed E-state index contributed by atoms with van der Waals surface area (Å²) in [5.74, 6) is 1.24. The minimum absolute atomic E-state index is 1.05. The van der Waals surface area contributed by atoms with Crippen LogP contribution in [0.15, 0.2) is 0 Å². The van der Waals surface area contributed by atoms with Gasteiger partial charge in [0.25, 0.3) is 0 Å². The van der Waals surface area contributed by atoms with Crippen LogP contribution >= 0.6 is 24.0 Å². The first-order valence-corrected chi connectivity index (χ1v) is 14.4. The number of thioether (sulfide) groups is 1. The van der Waals surface area contributed by atoms with Crippen LogP contribution in [0.4, 0.5) is 0 Å². The summed E-state index contributed by atoms with van der Waals surface area (Å²) in [7, 11) is 0. The molecule has 0 N–H and O–H groups in total. The van der Waals surface area contributed by atoms with Gasteiger partial charge in [-0.15, -0.1) is 11.8 Å². The minimum atomic E-state index is 1.05. The lowest BCUT2D eigenvalue weighted by Crippen LogP contribution is -1.88. The van der Waals surface area contributed by atoms with Crippen LogP contribution in [-0.4, -0.2) is 9.95 Å². The van der Waals surface area contributed by atoms with Crippen molar-refractivity contribution in [2.45, 2.75) is 155 Å². The van der Waals surface area contributed by atoms with E-state index >= 15 is 0 Å².